The second-order valence-corrected chi connectivity index (χ2v) is 8.28. The zero-order chi connectivity index (χ0) is 21.5. The molecule has 0 aliphatic heterocycles. The molecule has 0 radical (unpaired) electrons. The maximum absolute atomic E-state index is 13.5. The van der Waals surface area contributed by atoms with Gasteiger partial charge in [0.15, 0.2) is 5.13 Å². The first kappa shape index (κ1) is 21.1. The normalized spacial score (nSPS) is 11.0. The highest BCUT2D eigenvalue weighted by atomic mass is 32.1. The van der Waals surface area contributed by atoms with Gasteiger partial charge in [-0.15, -0.1) is 0 Å². The van der Waals surface area contributed by atoms with E-state index in [9.17, 15) is 4.79 Å². The number of anilines is 1. The van der Waals surface area contributed by atoms with E-state index in [1.165, 1.54) is 11.3 Å². The van der Waals surface area contributed by atoms with Crippen molar-refractivity contribution in [3.63, 3.8) is 0 Å². The van der Waals surface area contributed by atoms with Crippen LogP contribution in [0.1, 0.15) is 36.5 Å². The number of benzene rings is 2. The predicted molar refractivity (Wildman–Crippen MR) is 125 cm³/mol. The number of rotatable bonds is 10. The van der Waals surface area contributed by atoms with Gasteiger partial charge < -0.3 is 4.74 Å². The molecule has 0 bridgehead atoms. The molecule has 2 aromatic heterocycles. The van der Waals surface area contributed by atoms with Crippen molar-refractivity contribution in [3.05, 3.63) is 72.6 Å². The molecule has 6 nitrogen and oxygen atoms in total. The van der Waals surface area contributed by atoms with Crippen LogP contribution >= 0.6 is 11.3 Å². The van der Waals surface area contributed by atoms with Gasteiger partial charge >= 0.3 is 0 Å². The summed E-state index contributed by atoms with van der Waals surface area (Å²) in [6.45, 7) is 3.88. The minimum Gasteiger partial charge on any atom is -0.494 e. The number of aromatic nitrogens is 3. The van der Waals surface area contributed by atoms with Gasteiger partial charge in [-0.25, -0.2) is 4.98 Å². The number of carbonyl (C=O) groups is 1. The van der Waals surface area contributed by atoms with Gasteiger partial charge in [-0.05, 0) is 42.8 Å². The van der Waals surface area contributed by atoms with Gasteiger partial charge in [0.25, 0.3) is 5.91 Å². The molecule has 2 heterocycles. The molecule has 0 unspecified atom stereocenters. The molecule has 0 saturated heterocycles. The van der Waals surface area contributed by atoms with E-state index in [0.717, 1.165) is 35.2 Å². The van der Waals surface area contributed by atoms with Crippen molar-refractivity contribution in [2.24, 2.45) is 0 Å². The van der Waals surface area contributed by atoms with E-state index in [1.807, 2.05) is 65.5 Å². The molecule has 160 valence electrons. The van der Waals surface area contributed by atoms with Gasteiger partial charge in [0.2, 0.25) is 0 Å². The summed E-state index contributed by atoms with van der Waals surface area (Å²) in [4.78, 5) is 20.0. The Morgan fingerprint density at radius 2 is 2.03 bits per heavy atom. The smallest absolute Gasteiger partial charge is 0.260 e. The summed E-state index contributed by atoms with van der Waals surface area (Å²) in [7, 11) is 0. The van der Waals surface area contributed by atoms with Crippen molar-refractivity contribution in [1.29, 1.82) is 0 Å². The second-order valence-electron chi connectivity index (χ2n) is 7.27. The number of carbonyl (C=O) groups excluding carboxylic acids is 1. The highest BCUT2D eigenvalue weighted by Crippen LogP contribution is 2.30. The third kappa shape index (κ3) is 5.30. The summed E-state index contributed by atoms with van der Waals surface area (Å²) in [6.07, 6.45) is 6.93. The summed E-state index contributed by atoms with van der Waals surface area (Å²) >= 11 is 1.52. The number of fused-ring (bicyclic) bond motifs is 1. The Kier molecular flexibility index (Phi) is 6.94. The molecule has 0 N–H and O–H groups in total. The molecule has 4 rings (SSSR count). The molecule has 31 heavy (non-hydrogen) atoms. The van der Waals surface area contributed by atoms with E-state index < -0.39 is 0 Å². The van der Waals surface area contributed by atoms with Crippen LogP contribution in [0.3, 0.4) is 0 Å². The van der Waals surface area contributed by atoms with Gasteiger partial charge in [0.05, 0.1) is 23.4 Å². The number of para-hydroxylation sites is 1. The van der Waals surface area contributed by atoms with Crippen LogP contribution < -0.4 is 9.64 Å². The van der Waals surface area contributed by atoms with Crippen LogP contribution in [-0.4, -0.2) is 33.8 Å². The molecular formula is C24H26N4O2S. The second kappa shape index (κ2) is 10.2. The summed E-state index contributed by atoms with van der Waals surface area (Å²) in [5.41, 5.74) is 1.49. The Morgan fingerprint density at radius 1 is 1.13 bits per heavy atom. The fraction of sp³-hybridized carbons (Fsp3) is 0.292. The van der Waals surface area contributed by atoms with Gasteiger partial charge in [0, 0.05) is 24.5 Å². The maximum atomic E-state index is 13.5. The average molecular weight is 435 g/mol. The first-order chi connectivity index (χ1) is 15.2. The van der Waals surface area contributed by atoms with Crippen LogP contribution in [0.15, 0.2) is 67.0 Å². The van der Waals surface area contributed by atoms with Crippen LogP contribution in [0.25, 0.3) is 10.2 Å². The van der Waals surface area contributed by atoms with Gasteiger partial charge in [-0.1, -0.05) is 49.3 Å². The molecule has 1 amide bonds. The van der Waals surface area contributed by atoms with Crippen LogP contribution in [0.5, 0.6) is 5.75 Å². The van der Waals surface area contributed by atoms with E-state index in [2.05, 4.69) is 12.0 Å². The van der Waals surface area contributed by atoms with Crippen molar-refractivity contribution in [3.8, 4) is 5.75 Å². The lowest BCUT2D eigenvalue weighted by atomic mass is 10.2. The molecule has 0 aliphatic rings. The molecule has 0 fully saturated rings. The quantitative estimate of drug-likeness (QED) is 0.313. The largest absolute Gasteiger partial charge is 0.494 e. The third-order valence-electron chi connectivity index (χ3n) is 4.97. The Labute approximate surface area is 186 Å². The minimum absolute atomic E-state index is 0.0924. The zero-order valence-electron chi connectivity index (χ0n) is 17.6. The standard InChI is InChI=1S/C24H26N4O2S/c1-2-3-6-17-30-20-10-7-9-19(18-20)23(29)28(16-15-27-14-8-13-25-27)24-26-21-11-4-5-12-22(21)31-24/h4-5,7-14,18H,2-3,6,15-17H2,1H3. The molecule has 4 aromatic rings. The fourth-order valence-corrected chi connectivity index (χ4v) is 4.30. The predicted octanol–water partition coefficient (Wildman–Crippen LogP) is 5.41. The van der Waals surface area contributed by atoms with Crippen molar-refractivity contribution >= 4 is 32.6 Å². The topological polar surface area (TPSA) is 60.2 Å². The van der Waals surface area contributed by atoms with E-state index >= 15 is 0 Å². The number of ether oxygens (including phenoxy) is 1. The lowest BCUT2D eigenvalue weighted by molar-refractivity contribution is 0.0985. The van der Waals surface area contributed by atoms with Crippen LogP contribution in [0.2, 0.25) is 0 Å². The highest BCUT2D eigenvalue weighted by Gasteiger charge is 2.22. The first-order valence-electron chi connectivity index (χ1n) is 10.6. The van der Waals surface area contributed by atoms with Crippen molar-refractivity contribution in [1.82, 2.24) is 14.8 Å². The molecule has 7 heteroatoms. The molecule has 0 atom stereocenters. The van der Waals surface area contributed by atoms with Crippen LogP contribution in [-0.2, 0) is 6.54 Å². The van der Waals surface area contributed by atoms with Gasteiger partial charge in [-0.3, -0.25) is 14.4 Å². The lowest BCUT2D eigenvalue weighted by Crippen LogP contribution is -2.34. The molecule has 2 aromatic carbocycles. The number of hydrogen-bond acceptors (Lipinski definition) is 5. The van der Waals surface area contributed by atoms with Crippen molar-refractivity contribution in [2.75, 3.05) is 18.1 Å². The van der Waals surface area contributed by atoms with E-state index in [0.29, 0.717) is 30.4 Å². The summed E-state index contributed by atoms with van der Waals surface area (Å²) in [6, 6.07) is 17.2. The van der Waals surface area contributed by atoms with E-state index in [4.69, 9.17) is 9.72 Å². The number of amides is 1. The maximum Gasteiger partial charge on any atom is 0.260 e. The molecule has 0 spiro atoms. The number of hydrogen-bond donors (Lipinski definition) is 0. The third-order valence-corrected chi connectivity index (χ3v) is 6.03. The number of thiazole rings is 1. The van der Waals surface area contributed by atoms with Crippen LogP contribution in [0, 0.1) is 0 Å². The fourth-order valence-electron chi connectivity index (χ4n) is 3.31. The molecule has 0 saturated carbocycles. The Balaban J connectivity index is 1.57. The Hall–Kier alpha value is -3.19. The monoisotopic (exact) mass is 434 g/mol. The SMILES string of the molecule is CCCCCOc1cccc(C(=O)N(CCn2cccn2)c2nc3ccccc3s2)c1. The van der Waals surface area contributed by atoms with Gasteiger partial charge in [0.1, 0.15) is 5.75 Å². The summed E-state index contributed by atoms with van der Waals surface area (Å²) in [5, 5.41) is 4.95. The first-order valence-corrected chi connectivity index (χ1v) is 11.4. The summed E-state index contributed by atoms with van der Waals surface area (Å²) in [5.74, 6) is 0.628. The summed E-state index contributed by atoms with van der Waals surface area (Å²) < 4.78 is 8.73. The average Bonchev–Trinajstić information content (AvgIpc) is 3.47. The van der Waals surface area contributed by atoms with Crippen molar-refractivity contribution < 1.29 is 9.53 Å². The van der Waals surface area contributed by atoms with Crippen LogP contribution in [0.4, 0.5) is 5.13 Å². The minimum atomic E-state index is -0.0924. The zero-order valence-corrected chi connectivity index (χ0v) is 18.4. The molecule has 0 aliphatic carbocycles. The van der Waals surface area contributed by atoms with Crippen molar-refractivity contribution in [2.45, 2.75) is 32.7 Å². The highest BCUT2D eigenvalue weighted by molar-refractivity contribution is 7.22. The lowest BCUT2D eigenvalue weighted by Gasteiger charge is -2.20. The Bertz CT molecular complexity index is 1090. The van der Waals surface area contributed by atoms with Gasteiger partial charge in [-0.2, -0.15) is 5.10 Å². The number of nitrogens with zero attached hydrogens (tertiary/aromatic N) is 4. The van der Waals surface area contributed by atoms with E-state index in [-0.39, 0.29) is 5.91 Å². The number of unbranched alkanes of at least 4 members (excludes halogenated alkanes) is 2. The Morgan fingerprint density at radius 3 is 2.84 bits per heavy atom. The molecular weight excluding hydrogens is 408 g/mol. The van der Waals surface area contributed by atoms with E-state index in [1.54, 1.807) is 11.1 Å².